The smallest absolute Gasteiger partial charge is 0.320 e. The molecule has 2 aromatic rings. The monoisotopic (exact) mass is 405 g/mol. The molecule has 0 unspecified atom stereocenters. The van der Waals surface area contributed by atoms with E-state index in [-0.39, 0.29) is 17.4 Å². The summed E-state index contributed by atoms with van der Waals surface area (Å²) in [7, 11) is -3.79. The lowest BCUT2D eigenvalue weighted by molar-refractivity contribution is -0.153. The quantitative estimate of drug-likeness (QED) is 0.512. The second kappa shape index (κ2) is 9.27. The fourth-order valence-electron chi connectivity index (χ4n) is 2.68. The minimum absolute atomic E-state index is 0.0731. The first-order chi connectivity index (χ1) is 13.0. The molecular weight excluding hydrogens is 378 g/mol. The first-order valence-electron chi connectivity index (χ1n) is 9.02. The van der Waals surface area contributed by atoms with Crippen molar-refractivity contribution in [1.29, 1.82) is 0 Å². The molecule has 0 aliphatic rings. The fourth-order valence-corrected chi connectivity index (χ4v) is 3.24. The molecule has 0 saturated heterocycles. The number of sulfonamides is 1. The minimum Gasteiger partial charge on any atom is -0.459 e. The van der Waals surface area contributed by atoms with Crippen LogP contribution in [0, 0.1) is 0 Å². The van der Waals surface area contributed by atoms with Crippen LogP contribution >= 0.6 is 0 Å². The predicted molar refractivity (Wildman–Crippen MR) is 107 cm³/mol. The van der Waals surface area contributed by atoms with Crippen LogP contribution in [0.2, 0.25) is 0 Å². The van der Waals surface area contributed by atoms with Crippen LogP contribution in [0.25, 0.3) is 0 Å². The Morgan fingerprint density at radius 3 is 2.54 bits per heavy atom. The Bertz CT molecular complexity index is 907. The molecule has 0 atom stereocenters. The molecule has 0 bridgehead atoms. The Kier molecular flexibility index (Phi) is 7.29. The molecule has 28 heavy (non-hydrogen) atoms. The molecule has 8 heteroatoms. The van der Waals surface area contributed by atoms with E-state index in [9.17, 15) is 13.2 Å². The van der Waals surface area contributed by atoms with E-state index >= 15 is 0 Å². The summed E-state index contributed by atoms with van der Waals surface area (Å²) in [6.07, 6.45) is 2.81. The Morgan fingerprint density at radius 1 is 1.18 bits per heavy atom. The van der Waals surface area contributed by atoms with E-state index in [4.69, 9.17) is 9.88 Å². The molecule has 0 amide bonds. The van der Waals surface area contributed by atoms with Gasteiger partial charge in [-0.15, -0.1) is 0 Å². The SMILES string of the molecule is CC(C)(C)OC(=O)CNCCc1ccc(S(N)(=O)=O)cc1Cc1ccccn1. The van der Waals surface area contributed by atoms with Gasteiger partial charge in [0.1, 0.15) is 5.60 Å². The van der Waals surface area contributed by atoms with Gasteiger partial charge in [0.15, 0.2) is 0 Å². The molecule has 1 aromatic carbocycles. The summed E-state index contributed by atoms with van der Waals surface area (Å²) in [5.41, 5.74) is 2.12. The van der Waals surface area contributed by atoms with Gasteiger partial charge in [-0.2, -0.15) is 0 Å². The lowest BCUT2D eigenvalue weighted by atomic mass is 10.00. The van der Waals surface area contributed by atoms with Crippen LogP contribution in [0.4, 0.5) is 0 Å². The van der Waals surface area contributed by atoms with Gasteiger partial charge in [0.25, 0.3) is 0 Å². The Morgan fingerprint density at radius 2 is 1.93 bits per heavy atom. The maximum atomic E-state index is 11.8. The molecule has 3 N–H and O–H groups in total. The van der Waals surface area contributed by atoms with Gasteiger partial charge >= 0.3 is 5.97 Å². The van der Waals surface area contributed by atoms with Crippen LogP contribution in [-0.4, -0.2) is 38.1 Å². The van der Waals surface area contributed by atoms with Gasteiger partial charge < -0.3 is 10.1 Å². The van der Waals surface area contributed by atoms with Crippen molar-refractivity contribution in [2.24, 2.45) is 5.14 Å². The largest absolute Gasteiger partial charge is 0.459 e. The Balaban J connectivity index is 2.07. The zero-order chi connectivity index (χ0) is 20.8. The number of hydrogen-bond donors (Lipinski definition) is 2. The highest BCUT2D eigenvalue weighted by Gasteiger charge is 2.16. The summed E-state index contributed by atoms with van der Waals surface area (Å²) in [4.78, 5) is 16.1. The number of nitrogens with zero attached hydrogens (tertiary/aromatic N) is 1. The standard InChI is InChI=1S/C20H27N3O4S/c1-20(2,3)27-19(24)14-22-11-9-15-7-8-18(28(21,25)26)13-16(15)12-17-6-4-5-10-23-17/h4-8,10,13,22H,9,11-12,14H2,1-3H3,(H2,21,25,26). The van der Waals surface area contributed by atoms with Crippen molar-refractivity contribution < 1.29 is 17.9 Å². The molecule has 0 aliphatic heterocycles. The van der Waals surface area contributed by atoms with Crippen LogP contribution in [0.3, 0.4) is 0 Å². The van der Waals surface area contributed by atoms with E-state index in [1.54, 1.807) is 18.3 Å². The third-order valence-electron chi connectivity index (χ3n) is 3.86. The average molecular weight is 406 g/mol. The Hall–Kier alpha value is -2.29. The number of primary sulfonamides is 1. The minimum atomic E-state index is -3.79. The first kappa shape index (κ1) is 22.0. The number of ether oxygens (including phenoxy) is 1. The highest BCUT2D eigenvalue weighted by molar-refractivity contribution is 7.89. The molecule has 7 nitrogen and oxygen atoms in total. The van der Waals surface area contributed by atoms with Crippen molar-refractivity contribution in [2.45, 2.75) is 44.1 Å². The van der Waals surface area contributed by atoms with E-state index < -0.39 is 15.6 Å². The van der Waals surface area contributed by atoms with Crippen LogP contribution in [-0.2, 0) is 32.4 Å². The third-order valence-corrected chi connectivity index (χ3v) is 4.78. The molecule has 1 heterocycles. The predicted octanol–water partition coefficient (Wildman–Crippen LogP) is 1.79. The topological polar surface area (TPSA) is 111 Å². The molecule has 0 saturated carbocycles. The molecular formula is C20H27N3O4S. The average Bonchev–Trinajstić information content (AvgIpc) is 2.58. The maximum Gasteiger partial charge on any atom is 0.320 e. The number of carbonyl (C=O) groups is 1. The van der Waals surface area contributed by atoms with Gasteiger partial charge in [0.05, 0.1) is 11.4 Å². The maximum absolute atomic E-state index is 11.8. The van der Waals surface area contributed by atoms with Gasteiger partial charge in [0.2, 0.25) is 10.0 Å². The van der Waals surface area contributed by atoms with Crippen LogP contribution < -0.4 is 10.5 Å². The van der Waals surface area contributed by atoms with E-state index in [1.165, 1.54) is 6.07 Å². The van der Waals surface area contributed by atoms with E-state index in [0.717, 1.165) is 16.8 Å². The van der Waals surface area contributed by atoms with E-state index in [0.29, 0.717) is 19.4 Å². The van der Waals surface area contributed by atoms with E-state index in [2.05, 4.69) is 10.3 Å². The molecule has 0 fully saturated rings. The molecule has 1 aromatic heterocycles. The summed E-state index contributed by atoms with van der Waals surface area (Å²) in [6, 6.07) is 10.4. The number of rotatable bonds is 8. The fraction of sp³-hybridized carbons (Fsp3) is 0.400. The summed E-state index contributed by atoms with van der Waals surface area (Å²) in [5.74, 6) is -0.314. The molecule has 0 aliphatic carbocycles. The number of pyridine rings is 1. The summed E-state index contributed by atoms with van der Waals surface area (Å²) in [6.45, 7) is 6.12. The zero-order valence-electron chi connectivity index (χ0n) is 16.4. The Labute approximate surface area is 166 Å². The zero-order valence-corrected chi connectivity index (χ0v) is 17.3. The third kappa shape index (κ3) is 7.38. The summed E-state index contributed by atoms with van der Waals surface area (Å²) < 4.78 is 28.6. The van der Waals surface area contributed by atoms with Crippen molar-refractivity contribution in [3.05, 3.63) is 59.4 Å². The molecule has 2 rings (SSSR count). The first-order valence-corrected chi connectivity index (χ1v) is 10.6. The van der Waals surface area contributed by atoms with Crippen LogP contribution in [0.5, 0.6) is 0 Å². The number of nitrogens with one attached hydrogen (secondary N) is 1. The number of benzene rings is 1. The highest BCUT2D eigenvalue weighted by atomic mass is 32.2. The number of hydrogen-bond acceptors (Lipinski definition) is 6. The molecule has 0 radical (unpaired) electrons. The molecule has 152 valence electrons. The van der Waals surface area contributed by atoms with Gasteiger partial charge in [-0.05, 0) is 69.1 Å². The van der Waals surface area contributed by atoms with Gasteiger partial charge in [-0.1, -0.05) is 12.1 Å². The summed E-state index contributed by atoms with van der Waals surface area (Å²) >= 11 is 0. The van der Waals surface area contributed by atoms with Gasteiger partial charge in [0, 0.05) is 18.3 Å². The summed E-state index contributed by atoms with van der Waals surface area (Å²) in [5, 5.41) is 8.33. The van der Waals surface area contributed by atoms with Crippen molar-refractivity contribution >= 4 is 16.0 Å². The second-order valence-corrected chi connectivity index (χ2v) is 9.05. The van der Waals surface area contributed by atoms with Gasteiger partial charge in [-0.25, -0.2) is 13.6 Å². The number of carbonyl (C=O) groups excluding carboxylic acids is 1. The van der Waals surface area contributed by atoms with Gasteiger partial charge in [-0.3, -0.25) is 9.78 Å². The number of nitrogens with two attached hydrogens (primary N) is 1. The second-order valence-electron chi connectivity index (χ2n) is 7.49. The number of esters is 1. The van der Waals surface area contributed by atoms with Crippen molar-refractivity contribution in [3.8, 4) is 0 Å². The van der Waals surface area contributed by atoms with Crippen molar-refractivity contribution in [1.82, 2.24) is 10.3 Å². The van der Waals surface area contributed by atoms with E-state index in [1.807, 2.05) is 39.0 Å². The lowest BCUT2D eigenvalue weighted by Gasteiger charge is -2.19. The number of aromatic nitrogens is 1. The van der Waals surface area contributed by atoms with Crippen molar-refractivity contribution in [2.75, 3.05) is 13.1 Å². The lowest BCUT2D eigenvalue weighted by Crippen LogP contribution is -2.32. The highest BCUT2D eigenvalue weighted by Crippen LogP contribution is 2.19. The normalized spacial score (nSPS) is 12.0. The molecule has 0 spiro atoms. The van der Waals surface area contributed by atoms with Crippen LogP contribution in [0.1, 0.15) is 37.6 Å². The van der Waals surface area contributed by atoms with Crippen molar-refractivity contribution in [3.63, 3.8) is 0 Å². The van der Waals surface area contributed by atoms with Crippen LogP contribution in [0.15, 0.2) is 47.5 Å².